The zero-order valence-electron chi connectivity index (χ0n) is 12.0. The van der Waals surface area contributed by atoms with Gasteiger partial charge in [-0.25, -0.2) is 8.42 Å². The maximum Gasteiger partial charge on any atom is 0.243 e. The van der Waals surface area contributed by atoms with Crippen LogP contribution in [0.5, 0.6) is 0 Å². The molecule has 0 saturated carbocycles. The molecule has 112 valence electrons. The van der Waals surface area contributed by atoms with Gasteiger partial charge < -0.3 is 9.88 Å². The summed E-state index contributed by atoms with van der Waals surface area (Å²) in [6, 6.07) is 3.27. The lowest BCUT2D eigenvalue weighted by atomic mass is 10.0. The first-order valence-electron chi connectivity index (χ1n) is 7.00. The number of rotatable bonds is 5. The second kappa shape index (κ2) is 5.99. The Balaban J connectivity index is 2.04. The average molecular weight is 298 g/mol. The van der Waals surface area contributed by atoms with Crippen molar-refractivity contribution in [1.29, 1.82) is 0 Å². The number of nitrogens with zero attached hydrogens (tertiary/aromatic N) is 1. The summed E-state index contributed by atoms with van der Waals surface area (Å²) in [7, 11) is -2.97. The van der Waals surface area contributed by atoms with Crippen LogP contribution in [-0.4, -0.2) is 36.4 Å². The third kappa shape index (κ3) is 3.85. The Hall–Kier alpha value is -1.30. The van der Waals surface area contributed by atoms with E-state index in [0.29, 0.717) is 12.3 Å². The van der Waals surface area contributed by atoms with Crippen LogP contribution < -0.4 is 5.32 Å². The van der Waals surface area contributed by atoms with E-state index in [0.717, 1.165) is 6.42 Å². The molecule has 6 heteroatoms. The van der Waals surface area contributed by atoms with Gasteiger partial charge in [-0.1, -0.05) is 13.8 Å². The highest BCUT2D eigenvalue weighted by atomic mass is 32.2. The lowest BCUT2D eigenvalue weighted by molar-refractivity contribution is -0.125. The van der Waals surface area contributed by atoms with Crippen molar-refractivity contribution < 1.29 is 13.2 Å². The molecule has 1 aromatic rings. The van der Waals surface area contributed by atoms with Crippen molar-refractivity contribution in [2.45, 2.75) is 38.8 Å². The molecule has 1 saturated heterocycles. The van der Waals surface area contributed by atoms with E-state index >= 15 is 0 Å². The molecule has 2 atom stereocenters. The number of sulfone groups is 1. The highest BCUT2D eigenvalue weighted by molar-refractivity contribution is 7.91. The first kappa shape index (κ1) is 15.1. The summed E-state index contributed by atoms with van der Waals surface area (Å²) in [5.74, 6) is 0.548. The summed E-state index contributed by atoms with van der Waals surface area (Å²) >= 11 is 0. The number of carbonyl (C=O) groups excluding carboxylic acids is 1. The van der Waals surface area contributed by atoms with E-state index < -0.39 is 9.84 Å². The van der Waals surface area contributed by atoms with E-state index in [1.165, 1.54) is 0 Å². The van der Waals surface area contributed by atoms with E-state index in [4.69, 9.17) is 0 Å². The number of nitrogens with one attached hydrogen (secondary N) is 1. The van der Waals surface area contributed by atoms with Crippen LogP contribution >= 0.6 is 0 Å². The van der Waals surface area contributed by atoms with Gasteiger partial charge in [-0.3, -0.25) is 4.79 Å². The van der Waals surface area contributed by atoms with Crippen molar-refractivity contribution in [2.75, 3.05) is 11.5 Å². The fourth-order valence-electron chi connectivity index (χ4n) is 2.57. The largest absolute Gasteiger partial charge is 0.351 e. The van der Waals surface area contributed by atoms with Crippen LogP contribution in [0.25, 0.3) is 0 Å². The zero-order chi connectivity index (χ0) is 14.8. The fraction of sp³-hybridized carbons (Fsp3) is 0.643. The third-order valence-corrected chi connectivity index (χ3v) is 5.33. The molecule has 1 fully saturated rings. The van der Waals surface area contributed by atoms with E-state index in [-0.39, 0.29) is 29.5 Å². The molecule has 1 aromatic heterocycles. The Labute approximate surface area is 120 Å². The molecule has 2 heterocycles. The van der Waals surface area contributed by atoms with Crippen molar-refractivity contribution in [1.82, 2.24) is 9.88 Å². The fourth-order valence-corrected chi connectivity index (χ4v) is 4.25. The molecule has 20 heavy (non-hydrogen) atoms. The molecule has 2 rings (SSSR count). The van der Waals surface area contributed by atoms with Crippen LogP contribution in [0.3, 0.4) is 0 Å². The molecule has 1 amide bonds. The highest BCUT2D eigenvalue weighted by Gasteiger charge is 2.31. The van der Waals surface area contributed by atoms with Gasteiger partial charge in [0.15, 0.2) is 9.84 Å². The molecule has 1 aliphatic heterocycles. The van der Waals surface area contributed by atoms with Gasteiger partial charge in [-0.15, -0.1) is 0 Å². The average Bonchev–Trinajstić information content (AvgIpc) is 2.95. The third-order valence-electron chi connectivity index (χ3n) is 3.56. The maximum atomic E-state index is 12.4. The number of aromatic nitrogens is 1. The Morgan fingerprint density at radius 3 is 2.50 bits per heavy atom. The molecule has 0 bridgehead atoms. The normalized spacial score (nSPS) is 22.9. The molecule has 0 radical (unpaired) electrons. The predicted molar refractivity (Wildman–Crippen MR) is 78.1 cm³/mol. The second-order valence-corrected chi connectivity index (χ2v) is 8.11. The van der Waals surface area contributed by atoms with Gasteiger partial charge in [0.25, 0.3) is 0 Å². The van der Waals surface area contributed by atoms with Gasteiger partial charge in [0.1, 0.15) is 6.04 Å². The van der Waals surface area contributed by atoms with Crippen LogP contribution in [0.2, 0.25) is 0 Å². The van der Waals surface area contributed by atoms with Gasteiger partial charge in [0, 0.05) is 18.4 Å². The van der Waals surface area contributed by atoms with E-state index in [9.17, 15) is 13.2 Å². The van der Waals surface area contributed by atoms with Crippen molar-refractivity contribution in [3.05, 3.63) is 24.5 Å². The molecule has 0 spiro atoms. The summed E-state index contributed by atoms with van der Waals surface area (Å²) in [6.45, 7) is 4.15. The minimum Gasteiger partial charge on any atom is -0.351 e. The predicted octanol–water partition coefficient (Wildman–Crippen LogP) is 1.38. The Bertz CT molecular complexity index is 549. The highest BCUT2D eigenvalue weighted by Crippen LogP contribution is 2.19. The molecule has 1 unspecified atom stereocenters. The smallest absolute Gasteiger partial charge is 0.243 e. The van der Waals surface area contributed by atoms with Crippen LogP contribution in [0, 0.1) is 5.92 Å². The van der Waals surface area contributed by atoms with Crippen LogP contribution in [-0.2, 0) is 14.6 Å². The Morgan fingerprint density at radius 2 is 2.00 bits per heavy atom. The van der Waals surface area contributed by atoms with Crippen molar-refractivity contribution >= 4 is 15.7 Å². The van der Waals surface area contributed by atoms with E-state index in [2.05, 4.69) is 19.2 Å². The summed E-state index contributed by atoms with van der Waals surface area (Å²) in [6.07, 6.45) is 5.00. The number of hydrogen-bond acceptors (Lipinski definition) is 3. The topological polar surface area (TPSA) is 68.2 Å². The lowest BCUT2D eigenvalue weighted by Gasteiger charge is -2.22. The first-order valence-corrected chi connectivity index (χ1v) is 8.83. The second-order valence-electron chi connectivity index (χ2n) is 5.88. The zero-order valence-corrected chi connectivity index (χ0v) is 12.8. The van der Waals surface area contributed by atoms with Crippen molar-refractivity contribution in [3.8, 4) is 0 Å². The van der Waals surface area contributed by atoms with E-state index in [1.807, 2.05) is 29.1 Å². The molecule has 5 nitrogen and oxygen atoms in total. The number of hydrogen-bond donors (Lipinski definition) is 1. The quantitative estimate of drug-likeness (QED) is 0.893. The monoisotopic (exact) mass is 298 g/mol. The maximum absolute atomic E-state index is 12.4. The SMILES string of the molecule is CC(C)C[C@@H](C(=O)NC1CCS(=O)(=O)C1)n1cccc1. The van der Waals surface area contributed by atoms with Gasteiger partial charge >= 0.3 is 0 Å². The van der Waals surface area contributed by atoms with Gasteiger partial charge in [-0.05, 0) is 30.9 Å². The van der Waals surface area contributed by atoms with Gasteiger partial charge in [-0.2, -0.15) is 0 Å². The molecule has 1 aliphatic rings. The number of amides is 1. The standard InChI is InChI=1S/C14H22N2O3S/c1-11(2)9-13(16-6-3-4-7-16)14(17)15-12-5-8-20(18,19)10-12/h3-4,6-7,11-13H,5,8-10H2,1-2H3,(H,15,17)/t12?,13-/m0/s1. The molecular weight excluding hydrogens is 276 g/mol. The summed E-state index contributed by atoms with van der Waals surface area (Å²) in [4.78, 5) is 12.4. The van der Waals surface area contributed by atoms with Gasteiger partial charge in [0.2, 0.25) is 5.91 Å². The lowest BCUT2D eigenvalue weighted by Crippen LogP contribution is -2.40. The minimum absolute atomic E-state index is 0.0683. The molecule has 1 N–H and O–H groups in total. The van der Waals surface area contributed by atoms with Gasteiger partial charge in [0.05, 0.1) is 11.5 Å². The van der Waals surface area contributed by atoms with Crippen LogP contribution in [0.15, 0.2) is 24.5 Å². The van der Waals surface area contributed by atoms with Crippen molar-refractivity contribution in [2.24, 2.45) is 5.92 Å². The number of carbonyl (C=O) groups is 1. The van der Waals surface area contributed by atoms with Crippen molar-refractivity contribution in [3.63, 3.8) is 0 Å². The summed E-state index contributed by atoms with van der Waals surface area (Å²) < 4.78 is 24.8. The minimum atomic E-state index is -2.97. The molecule has 0 aliphatic carbocycles. The first-order chi connectivity index (χ1) is 9.37. The molecular formula is C14H22N2O3S. The van der Waals surface area contributed by atoms with Crippen LogP contribution in [0.4, 0.5) is 0 Å². The molecule has 0 aromatic carbocycles. The summed E-state index contributed by atoms with van der Waals surface area (Å²) in [5, 5.41) is 2.89. The Kier molecular flexibility index (Phi) is 4.52. The van der Waals surface area contributed by atoms with E-state index in [1.54, 1.807) is 0 Å². The summed E-state index contributed by atoms with van der Waals surface area (Å²) in [5.41, 5.74) is 0. The Morgan fingerprint density at radius 1 is 1.35 bits per heavy atom. The van der Waals surface area contributed by atoms with Crippen LogP contribution in [0.1, 0.15) is 32.7 Å².